The van der Waals surface area contributed by atoms with Gasteiger partial charge in [0.1, 0.15) is 128 Å². The number of rotatable bonds is 22. The zero-order valence-corrected chi connectivity index (χ0v) is 46.1. The maximum absolute atomic E-state index is 12.8. The highest BCUT2D eigenvalue weighted by Crippen LogP contribution is 2.41. The van der Waals surface area contributed by atoms with Crippen molar-refractivity contribution in [1.82, 2.24) is 0 Å². The van der Waals surface area contributed by atoms with Crippen molar-refractivity contribution >= 4 is 5.97 Å². The molecule has 36 atom stereocenters. The molecule has 84 heavy (non-hydrogen) atoms. The van der Waals surface area contributed by atoms with E-state index in [1.54, 1.807) is 13.8 Å². The Morgan fingerprint density at radius 2 is 0.917 bits per heavy atom. The predicted octanol–water partition coefficient (Wildman–Crippen LogP) is -12.2. The second-order valence-electron chi connectivity index (χ2n) is 22.5. The zero-order chi connectivity index (χ0) is 62.1. The summed E-state index contributed by atoms with van der Waals surface area (Å²) in [6, 6.07) is -1.58. The number of aliphatic carboxylic acids is 1. The average Bonchev–Trinajstić information content (AvgIpc) is 1.71. The smallest absolute Gasteiger partial charge is 0.364 e. The molecule has 7 fully saturated rings. The second kappa shape index (κ2) is 29.4. The molecule has 0 saturated carbocycles. The van der Waals surface area contributed by atoms with Gasteiger partial charge >= 0.3 is 5.97 Å². The molecule has 35 heteroatoms. The molecule has 15 unspecified atom stereocenters. The van der Waals surface area contributed by atoms with Gasteiger partial charge in [0.05, 0.1) is 82.8 Å². The van der Waals surface area contributed by atoms with Crippen LogP contribution in [0.3, 0.4) is 0 Å². The van der Waals surface area contributed by atoms with Crippen molar-refractivity contribution in [3.63, 3.8) is 0 Å². The van der Waals surface area contributed by atoms with E-state index in [1.165, 1.54) is 13.8 Å². The van der Waals surface area contributed by atoms with Crippen molar-refractivity contribution in [3.05, 3.63) is 0 Å². The fraction of sp³-hybridized carbons (Fsp3) is 0.980. The number of aliphatic hydroxyl groups is 19. The molecule has 7 aliphatic rings. The first-order chi connectivity index (χ1) is 39.6. The van der Waals surface area contributed by atoms with Gasteiger partial charge in [-0.15, -0.1) is 0 Å². The van der Waals surface area contributed by atoms with Gasteiger partial charge in [-0.05, 0) is 6.92 Å². The van der Waals surface area contributed by atoms with Crippen molar-refractivity contribution < 1.29 is 169 Å². The molecule has 490 valence electrons. The van der Waals surface area contributed by atoms with Crippen molar-refractivity contribution in [1.29, 1.82) is 0 Å². The van der Waals surface area contributed by atoms with Gasteiger partial charge in [-0.1, -0.05) is 20.8 Å². The standard InChI is InChI=1S/C49H85NO34/c1-13-16(4)73-21(9-54)37(26(13)59)79-43-14(2)27(60)38(22(10-55)76-43)80-45-35(68)33(66)31(64)24(78-45)12-72-47-42(34(67)30(63)19(7-52)75-47)82-44-15(3)28(61)39(23(11-56)77-44)81-46-36(69)41(32(65)20(8-53)74-46)84-49(48(70)71)5-17(57)25(50)40(83-49)29(62)18(58)6-51/h13-47,51-69H,5-12,50H2,1-4H3,(H,70,71)/t13-,14+,15?,16+,17-,18?,19?,20?,21?,22?,23+,24?,25-,26?,27?,28?,29?,30-,31-,32+,33?,34?,35-,36+,37-,38-,39-,40?,41?,42-,43+,44+,45+,46+,47+,49+/m1/s1. The largest absolute Gasteiger partial charge is 0.477 e. The minimum Gasteiger partial charge on any atom is -0.477 e. The van der Waals surface area contributed by atoms with Crippen LogP contribution in [-0.4, -0.2) is 356 Å². The summed E-state index contributed by atoms with van der Waals surface area (Å²) in [6.07, 6.45) is -54.7. The van der Waals surface area contributed by atoms with Crippen molar-refractivity contribution in [2.45, 2.75) is 236 Å². The predicted molar refractivity (Wildman–Crippen MR) is 264 cm³/mol. The summed E-state index contributed by atoms with van der Waals surface area (Å²) in [4.78, 5) is 12.8. The fourth-order valence-electron chi connectivity index (χ4n) is 11.3. The first-order valence-electron chi connectivity index (χ1n) is 27.6. The van der Waals surface area contributed by atoms with Crippen LogP contribution >= 0.6 is 0 Å². The summed E-state index contributed by atoms with van der Waals surface area (Å²) >= 11 is 0. The van der Waals surface area contributed by atoms with Crippen LogP contribution < -0.4 is 5.73 Å². The summed E-state index contributed by atoms with van der Waals surface area (Å²) in [5.74, 6) is -7.82. The average molecular weight is 1230 g/mol. The molecule has 22 N–H and O–H groups in total. The van der Waals surface area contributed by atoms with E-state index in [-0.39, 0.29) is 0 Å². The maximum Gasteiger partial charge on any atom is 0.364 e. The molecular weight excluding hydrogens is 1150 g/mol. The van der Waals surface area contributed by atoms with E-state index < -0.39 is 278 Å². The van der Waals surface area contributed by atoms with E-state index in [4.69, 9.17) is 67.3 Å². The minimum atomic E-state index is -3.07. The van der Waals surface area contributed by atoms with Gasteiger partial charge in [0.2, 0.25) is 0 Å². The summed E-state index contributed by atoms with van der Waals surface area (Å²) in [5.41, 5.74) is 5.95. The van der Waals surface area contributed by atoms with Crippen LogP contribution in [-0.2, 0) is 66.4 Å². The lowest BCUT2D eigenvalue weighted by Gasteiger charge is -2.50. The first kappa shape index (κ1) is 69.6. The van der Waals surface area contributed by atoms with Crippen LogP contribution in [0.25, 0.3) is 0 Å². The molecular formula is C49H85NO34. The number of ether oxygens (including phenoxy) is 13. The Hall–Kier alpha value is -1.85. The van der Waals surface area contributed by atoms with Crippen molar-refractivity contribution in [2.24, 2.45) is 23.5 Å². The third kappa shape index (κ3) is 14.2. The van der Waals surface area contributed by atoms with Crippen molar-refractivity contribution in [3.8, 4) is 0 Å². The fourth-order valence-corrected chi connectivity index (χ4v) is 11.3. The lowest BCUT2D eigenvalue weighted by molar-refractivity contribution is -0.393. The van der Waals surface area contributed by atoms with E-state index in [0.717, 1.165) is 0 Å². The number of hydrogen-bond acceptors (Lipinski definition) is 34. The number of carboxylic acids is 1. The van der Waals surface area contributed by atoms with Crippen LogP contribution in [0.1, 0.15) is 34.1 Å². The zero-order valence-electron chi connectivity index (χ0n) is 46.1. The summed E-state index contributed by atoms with van der Waals surface area (Å²) in [7, 11) is 0. The molecule has 7 aliphatic heterocycles. The molecule has 0 aromatic heterocycles. The topological polar surface area (TPSA) is 568 Å². The number of hydrogen-bond donors (Lipinski definition) is 21. The van der Waals surface area contributed by atoms with E-state index in [2.05, 4.69) is 0 Å². The van der Waals surface area contributed by atoms with E-state index in [9.17, 15) is 107 Å². The Balaban J connectivity index is 1.03. The van der Waals surface area contributed by atoms with E-state index >= 15 is 0 Å². The highest BCUT2D eigenvalue weighted by atomic mass is 16.8. The Bertz CT molecular complexity index is 2040. The van der Waals surface area contributed by atoms with E-state index in [0.29, 0.717) is 0 Å². The number of carbonyl (C=O) groups is 1. The van der Waals surface area contributed by atoms with Crippen LogP contribution in [0.5, 0.6) is 0 Å². The molecule has 0 aliphatic carbocycles. The van der Waals surface area contributed by atoms with Gasteiger partial charge in [0.15, 0.2) is 31.5 Å². The Morgan fingerprint density at radius 3 is 1.43 bits per heavy atom. The molecule has 35 nitrogen and oxygen atoms in total. The van der Waals surface area contributed by atoms with Gasteiger partial charge in [-0.2, -0.15) is 0 Å². The molecule has 0 spiro atoms. The molecule has 0 aromatic rings. The molecule has 0 bridgehead atoms. The quantitative estimate of drug-likeness (QED) is 0.0479. The van der Waals surface area contributed by atoms with Gasteiger partial charge in [-0.3, -0.25) is 0 Å². The number of aliphatic hydroxyl groups excluding tert-OH is 19. The second-order valence-corrected chi connectivity index (χ2v) is 22.5. The summed E-state index contributed by atoms with van der Waals surface area (Å²) < 4.78 is 76.0. The number of nitrogens with two attached hydrogens (primary N) is 1. The molecule has 7 heterocycles. The molecule has 0 amide bonds. The highest BCUT2D eigenvalue weighted by molar-refractivity contribution is 5.76. The van der Waals surface area contributed by atoms with E-state index in [1.807, 2.05) is 0 Å². The van der Waals surface area contributed by atoms with Gasteiger partial charge < -0.3 is 169 Å². The summed E-state index contributed by atoms with van der Waals surface area (Å²) in [6.45, 7) is -0.0167. The SMILES string of the molecule is CC1C(O)[C@H](O[C@@H]2OC(CO)[C@H](O)C(O[C@]3(C(=O)O)C[C@@H](O)[C@@H](N)C(C(O)C(O)CO)O3)[C@@H]2O)[C@H](CO)O[C@H]1O[C@@H]1C(O)[C@H](O)C(CO)O[C@@H]1OCC1O[C@@H](O[C@@H]2C(CO)O[C@@H](O[C@@H]3C(CO)O[C@@H](C)[C@@H](C)C3O)[C@@H](C)C2O)[C@H](O)C(O)[C@@H]1O. The molecule has 0 radical (unpaired) electrons. The lowest BCUT2D eigenvalue weighted by atomic mass is 9.88. The minimum absolute atomic E-state index is 0.440. The number of carboxylic acid groups (broad SMARTS) is 1. The third-order valence-electron chi connectivity index (χ3n) is 17.0. The third-order valence-corrected chi connectivity index (χ3v) is 17.0. The molecule has 7 rings (SSSR count). The maximum atomic E-state index is 12.8. The monoisotopic (exact) mass is 1230 g/mol. The molecule has 0 aromatic carbocycles. The first-order valence-corrected chi connectivity index (χ1v) is 27.6. The van der Waals surface area contributed by atoms with Gasteiger partial charge in [-0.25, -0.2) is 4.79 Å². The van der Waals surface area contributed by atoms with Gasteiger partial charge in [0.25, 0.3) is 5.79 Å². The summed E-state index contributed by atoms with van der Waals surface area (Å²) in [5, 5.41) is 215. The highest BCUT2D eigenvalue weighted by Gasteiger charge is 2.61. The normalized spacial score (nSPS) is 51.3. The van der Waals surface area contributed by atoms with Crippen molar-refractivity contribution in [2.75, 3.05) is 46.2 Å². The Morgan fingerprint density at radius 1 is 0.488 bits per heavy atom. The van der Waals surface area contributed by atoms with Crippen LogP contribution in [0, 0.1) is 17.8 Å². The Kier molecular flexibility index (Phi) is 24.4. The lowest BCUT2D eigenvalue weighted by Crippen LogP contribution is -2.70. The van der Waals surface area contributed by atoms with Crippen LogP contribution in [0.2, 0.25) is 0 Å². The Labute approximate surface area is 479 Å². The van der Waals surface area contributed by atoms with Crippen LogP contribution in [0.4, 0.5) is 0 Å². The van der Waals surface area contributed by atoms with Gasteiger partial charge in [0, 0.05) is 24.2 Å². The molecule has 7 saturated heterocycles. The van der Waals surface area contributed by atoms with Crippen LogP contribution in [0.15, 0.2) is 0 Å².